The van der Waals surface area contributed by atoms with E-state index in [0.29, 0.717) is 26.4 Å². The van der Waals surface area contributed by atoms with Crippen LogP contribution in [0.1, 0.15) is 31.9 Å². The van der Waals surface area contributed by atoms with Crippen LogP contribution in [0.15, 0.2) is 60.7 Å². The van der Waals surface area contributed by atoms with E-state index in [4.69, 9.17) is 24.4 Å². The summed E-state index contributed by atoms with van der Waals surface area (Å²) in [6.07, 6.45) is -0.654. The number of aliphatic hydroxyl groups excluding tert-OH is 2. The van der Waals surface area contributed by atoms with Crippen molar-refractivity contribution in [1.82, 2.24) is 0 Å². The van der Waals surface area contributed by atoms with Crippen molar-refractivity contribution >= 4 is 0 Å². The fraction of sp³-hybridized carbons (Fsp3) is 0.478. The maximum absolute atomic E-state index is 8.92. The molecule has 0 heterocycles. The maximum atomic E-state index is 8.92. The van der Waals surface area contributed by atoms with Gasteiger partial charge in [0.2, 0.25) is 0 Å². The van der Waals surface area contributed by atoms with Crippen LogP contribution in [0.5, 0.6) is 0 Å². The largest absolute Gasteiger partial charge is 0.394 e. The van der Waals surface area contributed by atoms with Gasteiger partial charge in [-0.25, -0.2) is 0 Å². The molecule has 5 nitrogen and oxygen atoms in total. The molecule has 2 aromatic rings. The van der Waals surface area contributed by atoms with Gasteiger partial charge in [0, 0.05) is 0 Å². The van der Waals surface area contributed by atoms with Crippen molar-refractivity contribution in [2.45, 2.75) is 52.3 Å². The smallest absolute Gasteiger partial charge is 0.0781 e. The lowest BCUT2D eigenvalue weighted by atomic mass is 10.2. The Morgan fingerprint density at radius 1 is 0.714 bits per heavy atom. The van der Waals surface area contributed by atoms with Gasteiger partial charge in [0.25, 0.3) is 0 Å². The summed E-state index contributed by atoms with van der Waals surface area (Å²) in [5.41, 5.74) is 2.43. The van der Waals surface area contributed by atoms with Crippen molar-refractivity contribution in [2.75, 3.05) is 19.8 Å². The van der Waals surface area contributed by atoms with Gasteiger partial charge in [-0.1, -0.05) is 60.7 Å². The standard InChI is InChI=1S/C14H14O.C9H20O4/c1-3-7-13(8-4-1)11-15-12-14-9-5-2-6-10-14;1-7(11)5-12-9(3)6-13-8(2)4-10/h1-10H,11-12H2;7-11H,4-6H2,1-3H3. The molecular formula is C23H34O5. The molecule has 0 aliphatic rings. The van der Waals surface area contributed by atoms with Crippen LogP contribution in [0.2, 0.25) is 0 Å². The van der Waals surface area contributed by atoms with Crippen LogP contribution in [0.3, 0.4) is 0 Å². The van der Waals surface area contributed by atoms with E-state index < -0.39 is 6.10 Å². The minimum atomic E-state index is -0.447. The number of hydrogen-bond acceptors (Lipinski definition) is 5. The van der Waals surface area contributed by atoms with Gasteiger partial charge in [0.15, 0.2) is 0 Å². The van der Waals surface area contributed by atoms with E-state index in [9.17, 15) is 0 Å². The van der Waals surface area contributed by atoms with E-state index in [2.05, 4.69) is 24.3 Å². The molecule has 156 valence electrons. The van der Waals surface area contributed by atoms with E-state index in [1.165, 1.54) is 11.1 Å². The summed E-state index contributed by atoms with van der Waals surface area (Å²) < 4.78 is 16.1. The molecule has 0 spiro atoms. The Balaban J connectivity index is 0.000000284. The molecule has 2 aromatic carbocycles. The Labute approximate surface area is 168 Å². The molecule has 28 heavy (non-hydrogen) atoms. The summed E-state index contributed by atoms with van der Waals surface area (Å²) in [5, 5.41) is 17.6. The Morgan fingerprint density at radius 3 is 1.61 bits per heavy atom. The Morgan fingerprint density at radius 2 is 1.18 bits per heavy atom. The minimum Gasteiger partial charge on any atom is -0.394 e. The molecule has 0 fully saturated rings. The summed E-state index contributed by atoms with van der Waals surface area (Å²) in [5.74, 6) is 0. The van der Waals surface area contributed by atoms with Gasteiger partial charge in [-0.2, -0.15) is 0 Å². The molecule has 0 aliphatic carbocycles. The maximum Gasteiger partial charge on any atom is 0.0781 e. The topological polar surface area (TPSA) is 68.2 Å². The van der Waals surface area contributed by atoms with Gasteiger partial charge < -0.3 is 24.4 Å². The zero-order valence-electron chi connectivity index (χ0n) is 17.2. The number of rotatable bonds is 11. The van der Waals surface area contributed by atoms with Crippen molar-refractivity contribution in [2.24, 2.45) is 0 Å². The molecule has 0 radical (unpaired) electrons. The molecule has 2 N–H and O–H groups in total. The van der Waals surface area contributed by atoms with E-state index >= 15 is 0 Å². The summed E-state index contributed by atoms with van der Waals surface area (Å²) in [6.45, 7) is 7.46. The minimum absolute atomic E-state index is 0.0170. The summed E-state index contributed by atoms with van der Waals surface area (Å²) >= 11 is 0. The zero-order chi connectivity index (χ0) is 20.6. The lowest BCUT2D eigenvalue weighted by molar-refractivity contribution is -0.0620. The SMILES string of the molecule is CC(O)COC(C)COC(C)CO.c1ccc(COCc2ccccc2)cc1. The first-order valence-electron chi connectivity index (χ1n) is 9.69. The molecule has 0 saturated carbocycles. The molecule has 2 rings (SSSR count). The second kappa shape index (κ2) is 15.2. The number of ether oxygens (including phenoxy) is 3. The van der Waals surface area contributed by atoms with Crippen LogP contribution < -0.4 is 0 Å². The predicted molar refractivity (Wildman–Crippen MR) is 111 cm³/mol. The third-order valence-electron chi connectivity index (χ3n) is 3.72. The lowest BCUT2D eigenvalue weighted by Gasteiger charge is -2.16. The summed E-state index contributed by atoms with van der Waals surface area (Å²) in [4.78, 5) is 0. The van der Waals surface area contributed by atoms with Crippen LogP contribution in [-0.4, -0.2) is 48.3 Å². The zero-order valence-corrected chi connectivity index (χ0v) is 17.2. The number of hydrogen-bond donors (Lipinski definition) is 2. The highest BCUT2D eigenvalue weighted by atomic mass is 16.5. The van der Waals surface area contributed by atoms with Gasteiger partial charge in [-0.05, 0) is 31.9 Å². The normalized spacial score (nSPS) is 13.9. The highest BCUT2D eigenvalue weighted by Crippen LogP contribution is 2.05. The first-order chi connectivity index (χ1) is 13.5. The van der Waals surface area contributed by atoms with Crippen molar-refractivity contribution in [3.63, 3.8) is 0 Å². The van der Waals surface area contributed by atoms with Crippen molar-refractivity contribution in [1.29, 1.82) is 0 Å². The van der Waals surface area contributed by atoms with Crippen LogP contribution >= 0.6 is 0 Å². The Bertz CT molecular complexity index is 549. The average molecular weight is 391 g/mol. The van der Waals surface area contributed by atoms with Gasteiger partial charge >= 0.3 is 0 Å². The first kappa shape index (κ1) is 24.3. The Hall–Kier alpha value is -1.76. The highest BCUT2D eigenvalue weighted by molar-refractivity contribution is 5.15. The number of benzene rings is 2. The third-order valence-corrected chi connectivity index (χ3v) is 3.72. The lowest BCUT2D eigenvalue weighted by Crippen LogP contribution is -2.24. The molecule has 0 aromatic heterocycles. The van der Waals surface area contributed by atoms with Gasteiger partial charge in [-0.15, -0.1) is 0 Å². The molecule has 0 aliphatic heterocycles. The van der Waals surface area contributed by atoms with Crippen molar-refractivity contribution < 1.29 is 24.4 Å². The molecule has 0 amide bonds. The van der Waals surface area contributed by atoms with E-state index in [1.807, 2.05) is 43.3 Å². The number of aliphatic hydroxyl groups is 2. The third kappa shape index (κ3) is 12.6. The average Bonchev–Trinajstić information content (AvgIpc) is 2.72. The highest BCUT2D eigenvalue weighted by Gasteiger charge is 2.07. The second-order valence-electron chi connectivity index (χ2n) is 6.78. The molecule has 0 saturated heterocycles. The molecule has 5 heteroatoms. The quantitative estimate of drug-likeness (QED) is 0.614. The van der Waals surface area contributed by atoms with Crippen molar-refractivity contribution in [3.8, 4) is 0 Å². The van der Waals surface area contributed by atoms with E-state index in [0.717, 1.165) is 0 Å². The van der Waals surface area contributed by atoms with E-state index in [1.54, 1.807) is 13.8 Å². The monoisotopic (exact) mass is 390 g/mol. The van der Waals surface area contributed by atoms with Crippen LogP contribution in [0.4, 0.5) is 0 Å². The predicted octanol–water partition coefficient (Wildman–Crippen LogP) is 3.57. The fourth-order valence-corrected chi connectivity index (χ4v) is 2.14. The van der Waals surface area contributed by atoms with Gasteiger partial charge in [0.05, 0.1) is 51.3 Å². The summed E-state index contributed by atoms with van der Waals surface area (Å²) in [7, 11) is 0. The molecule has 3 atom stereocenters. The van der Waals surface area contributed by atoms with Gasteiger partial charge in [-0.3, -0.25) is 0 Å². The van der Waals surface area contributed by atoms with Crippen LogP contribution in [0.25, 0.3) is 0 Å². The van der Waals surface area contributed by atoms with Gasteiger partial charge in [0.1, 0.15) is 0 Å². The van der Waals surface area contributed by atoms with Crippen molar-refractivity contribution in [3.05, 3.63) is 71.8 Å². The van der Waals surface area contributed by atoms with Crippen LogP contribution in [0, 0.1) is 0 Å². The summed E-state index contributed by atoms with van der Waals surface area (Å²) in [6, 6.07) is 20.4. The second-order valence-corrected chi connectivity index (χ2v) is 6.78. The molecular weight excluding hydrogens is 356 g/mol. The van der Waals surface area contributed by atoms with Crippen LogP contribution in [-0.2, 0) is 27.4 Å². The molecule has 3 unspecified atom stereocenters. The van der Waals surface area contributed by atoms with E-state index in [-0.39, 0.29) is 18.8 Å². The fourth-order valence-electron chi connectivity index (χ4n) is 2.14. The first-order valence-corrected chi connectivity index (χ1v) is 9.69. The Kier molecular flexibility index (Phi) is 13.2. The molecule has 0 bridgehead atoms.